The van der Waals surface area contributed by atoms with Gasteiger partial charge >= 0.3 is 0 Å². The molecule has 0 radical (unpaired) electrons. The maximum atomic E-state index is 11.2. The molecule has 0 aliphatic heterocycles. The smallest absolute Gasteiger partial charge is 0.138 e. The zero-order valence-corrected chi connectivity index (χ0v) is 8.52. The van der Waals surface area contributed by atoms with E-state index in [4.69, 9.17) is 0 Å². The summed E-state index contributed by atoms with van der Waals surface area (Å²) in [4.78, 5) is 11.2. The van der Waals surface area contributed by atoms with E-state index < -0.39 is 0 Å². The van der Waals surface area contributed by atoms with E-state index in [-0.39, 0.29) is 5.41 Å². The maximum Gasteiger partial charge on any atom is 0.138 e. The third-order valence-electron chi connectivity index (χ3n) is 3.09. The fourth-order valence-electron chi connectivity index (χ4n) is 1.82. The predicted octanol–water partition coefficient (Wildman–Crippen LogP) is 3.18. The second-order valence-corrected chi connectivity index (χ2v) is 4.77. The van der Waals surface area contributed by atoms with Gasteiger partial charge in [-0.25, -0.2) is 0 Å². The number of hydrogen-bond acceptors (Lipinski definition) is 1. The molecule has 1 aliphatic rings. The monoisotopic (exact) mass is 168 g/mol. The number of Topliss-reactive ketones (excluding diaryl/α,β-unsaturated/α-hetero) is 1. The van der Waals surface area contributed by atoms with Gasteiger partial charge in [-0.3, -0.25) is 4.79 Å². The van der Waals surface area contributed by atoms with Crippen LogP contribution in [0.15, 0.2) is 0 Å². The molecular formula is C11H20O. The molecule has 0 bridgehead atoms. The fourth-order valence-corrected chi connectivity index (χ4v) is 1.82. The van der Waals surface area contributed by atoms with Gasteiger partial charge in [0.2, 0.25) is 0 Å². The van der Waals surface area contributed by atoms with Crippen molar-refractivity contribution in [1.82, 2.24) is 0 Å². The average molecular weight is 168 g/mol. The standard InChI is InChI=1S/C11H20O/c1-9(2)5-4-7-11(3)8-6-10(11)12/h9H,4-8H2,1-3H3. The Kier molecular flexibility index (Phi) is 2.92. The van der Waals surface area contributed by atoms with Gasteiger partial charge < -0.3 is 0 Å². The predicted molar refractivity (Wildman–Crippen MR) is 51.0 cm³/mol. The number of ketones is 1. The van der Waals surface area contributed by atoms with Crippen LogP contribution in [0.1, 0.15) is 52.9 Å². The SMILES string of the molecule is CC(C)CCCC1(C)CCC1=O. The van der Waals surface area contributed by atoms with E-state index in [2.05, 4.69) is 20.8 Å². The lowest BCUT2D eigenvalue weighted by atomic mass is 9.66. The lowest BCUT2D eigenvalue weighted by molar-refractivity contribution is -0.137. The molecule has 1 rings (SSSR count). The molecule has 0 amide bonds. The molecule has 1 unspecified atom stereocenters. The van der Waals surface area contributed by atoms with Gasteiger partial charge in [0.05, 0.1) is 0 Å². The zero-order valence-electron chi connectivity index (χ0n) is 8.52. The zero-order chi connectivity index (χ0) is 9.19. The van der Waals surface area contributed by atoms with Crippen molar-refractivity contribution in [3.63, 3.8) is 0 Å². The third kappa shape index (κ3) is 2.09. The van der Waals surface area contributed by atoms with Crippen LogP contribution in [0.5, 0.6) is 0 Å². The Morgan fingerprint density at radius 3 is 2.50 bits per heavy atom. The molecule has 1 heteroatoms. The summed E-state index contributed by atoms with van der Waals surface area (Å²) in [6.45, 7) is 6.61. The van der Waals surface area contributed by atoms with Crippen molar-refractivity contribution < 1.29 is 4.79 Å². The minimum absolute atomic E-state index is 0.0783. The quantitative estimate of drug-likeness (QED) is 0.630. The largest absolute Gasteiger partial charge is 0.299 e. The van der Waals surface area contributed by atoms with Crippen LogP contribution in [0.25, 0.3) is 0 Å². The number of hydrogen-bond donors (Lipinski definition) is 0. The van der Waals surface area contributed by atoms with Gasteiger partial charge in [0, 0.05) is 11.8 Å². The number of rotatable bonds is 4. The average Bonchev–Trinajstić information content (AvgIpc) is 2.01. The minimum Gasteiger partial charge on any atom is -0.299 e. The molecule has 0 heterocycles. The van der Waals surface area contributed by atoms with Gasteiger partial charge in [0.25, 0.3) is 0 Å². The van der Waals surface area contributed by atoms with Crippen molar-refractivity contribution in [2.45, 2.75) is 52.9 Å². The van der Waals surface area contributed by atoms with Crippen LogP contribution in [0.3, 0.4) is 0 Å². The highest BCUT2D eigenvalue weighted by atomic mass is 16.1. The molecule has 1 saturated carbocycles. The van der Waals surface area contributed by atoms with Crippen LogP contribution in [-0.4, -0.2) is 5.78 Å². The molecule has 0 aromatic heterocycles. The first-order chi connectivity index (χ1) is 5.54. The molecule has 0 saturated heterocycles. The summed E-state index contributed by atoms with van der Waals surface area (Å²) in [5.74, 6) is 1.27. The summed E-state index contributed by atoms with van der Waals surface area (Å²) < 4.78 is 0. The van der Waals surface area contributed by atoms with Crippen LogP contribution >= 0.6 is 0 Å². The summed E-state index contributed by atoms with van der Waals surface area (Å²) in [5.41, 5.74) is 0.0783. The third-order valence-corrected chi connectivity index (χ3v) is 3.09. The molecule has 1 fully saturated rings. The number of carbonyl (C=O) groups excluding carboxylic acids is 1. The second kappa shape index (κ2) is 3.59. The Hall–Kier alpha value is -0.330. The summed E-state index contributed by atoms with van der Waals surface area (Å²) in [6, 6.07) is 0. The number of carbonyl (C=O) groups is 1. The highest BCUT2D eigenvalue weighted by Crippen LogP contribution is 2.41. The molecule has 0 spiro atoms. The van der Waals surface area contributed by atoms with Crippen LogP contribution in [0, 0.1) is 11.3 Å². The molecular weight excluding hydrogens is 148 g/mol. The molecule has 0 aromatic carbocycles. The summed E-state index contributed by atoms with van der Waals surface area (Å²) >= 11 is 0. The fraction of sp³-hybridized carbons (Fsp3) is 0.909. The van der Waals surface area contributed by atoms with Gasteiger partial charge in [-0.05, 0) is 18.8 Å². The minimum atomic E-state index is 0.0783. The van der Waals surface area contributed by atoms with Crippen molar-refractivity contribution in [3.8, 4) is 0 Å². The topological polar surface area (TPSA) is 17.1 Å². The molecule has 0 aromatic rings. The lowest BCUT2D eigenvalue weighted by Crippen LogP contribution is -2.37. The molecule has 12 heavy (non-hydrogen) atoms. The Balaban J connectivity index is 2.18. The van der Waals surface area contributed by atoms with E-state index in [0.717, 1.165) is 25.2 Å². The normalized spacial score (nSPS) is 29.2. The maximum absolute atomic E-state index is 11.2. The van der Waals surface area contributed by atoms with Crippen LogP contribution in [0.2, 0.25) is 0 Å². The van der Waals surface area contributed by atoms with Gasteiger partial charge in [-0.2, -0.15) is 0 Å². The summed E-state index contributed by atoms with van der Waals surface area (Å²) in [7, 11) is 0. The first-order valence-electron chi connectivity index (χ1n) is 5.08. The first kappa shape index (κ1) is 9.76. The first-order valence-corrected chi connectivity index (χ1v) is 5.08. The van der Waals surface area contributed by atoms with Crippen LogP contribution in [0.4, 0.5) is 0 Å². The van der Waals surface area contributed by atoms with Crippen molar-refractivity contribution in [3.05, 3.63) is 0 Å². The van der Waals surface area contributed by atoms with Crippen molar-refractivity contribution >= 4 is 5.78 Å². The van der Waals surface area contributed by atoms with E-state index in [1.165, 1.54) is 12.8 Å². The van der Waals surface area contributed by atoms with Gasteiger partial charge in [0.1, 0.15) is 5.78 Å². The van der Waals surface area contributed by atoms with Crippen molar-refractivity contribution in [2.75, 3.05) is 0 Å². The van der Waals surface area contributed by atoms with Crippen molar-refractivity contribution in [1.29, 1.82) is 0 Å². The van der Waals surface area contributed by atoms with Crippen LogP contribution < -0.4 is 0 Å². The Morgan fingerprint density at radius 2 is 2.17 bits per heavy atom. The van der Waals surface area contributed by atoms with Crippen LogP contribution in [-0.2, 0) is 4.79 Å². The van der Waals surface area contributed by atoms with Gasteiger partial charge in [-0.15, -0.1) is 0 Å². The summed E-state index contributed by atoms with van der Waals surface area (Å²) in [5, 5.41) is 0. The lowest BCUT2D eigenvalue weighted by Gasteiger charge is -2.36. The molecule has 70 valence electrons. The van der Waals surface area contributed by atoms with E-state index in [0.29, 0.717) is 5.78 Å². The second-order valence-electron chi connectivity index (χ2n) is 4.77. The highest BCUT2D eigenvalue weighted by molar-refractivity contribution is 5.89. The molecule has 1 nitrogen and oxygen atoms in total. The van der Waals surface area contributed by atoms with Gasteiger partial charge in [0.15, 0.2) is 0 Å². The molecule has 1 aliphatic carbocycles. The van der Waals surface area contributed by atoms with E-state index in [1.54, 1.807) is 0 Å². The van der Waals surface area contributed by atoms with Crippen molar-refractivity contribution in [2.24, 2.45) is 11.3 Å². The Morgan fingerprint density at radius 1 is 1.50 bits per heavy atom. The van der Waals surface area contributed by atoms with E-state index in [1.807, 2.05) is 0 Å². The molecule has 0 N–H and O–H groups in total. The van der Waals surface area contributed by atoms with E-state index >= 15 is 0 Å². The van der Waals surface area contributed by atoms with E-state index in [9.17, 15) is 4.79 Å². The Bertz CT molecular complexity index is 172. The molecule has 1 atom stereocenters. The highest BCUT2D eigenvalue weighted by Gasteiger charge is 2.40. The Labute approximate surface area is 75.5 Å². The summed E-state index contributed by atoms with van der Waals surface area (Å²) in [6.07, 6.45) is 5.56. The van der Waals surface area contributed by atoms with Gasteiger partial charge in [-0.1, -0.05) is 33.6 Å².